The number of carbonyl (C=O) groups excluding carboxylic acids is 2. The summed E-state index contributed by atoms with van der Waals surface area (Å²) in [5.74, 6) is -0.334. The Hall–Kier alpha value is -0.940. The zero-order valence-electron chi connectivity index (χ0n) is 8.08. The van der Waals surface area contributed by atoms with Crippen LogP contribution in [-0.4, -0.2) is 48.9 Å². The van der Waals surface area contributed by atoms with Crippen molar-refractivity contribution >= 4 is 11.8 Å². The van der Waals surface area contributed by atoms with Crippen molar-refractivity contribution in [3.8, 4) is 0 Å². The van der Waals surface area contributed by atoms with Gasteiger partial charge in [0.2, 0.25) is 11.8 Å². The van der Waals surface area contributed by atoms with Crippen LogP contribution in [0.15, 0.2) is 0 Å². The second-order valence-corrected chi connectivity index (χ2v) is 3.86. The number of carbonyl (C=O) groups is 2. The lowest BCUT2D eigenvalue weighted by Gasteiger charge is -2.35. The Kier molecular flexibility index (Phi) is 2.79. The molecule has 2 aliphatic rings. The van der Waals surface area contributed by atoms with Crippen LogP contribution in [-0.2, 0) is 9.59 Å². The molecule has 0 aromatic heterocycles. The van der Waals surface area contributed by atoms with Gasteiger partial charge in [-0.2, -0.15) is 0 Å². The SMILES string of the molecule is O=C1CN(C2CCNCC2)CC(=O)N1. The average molecular weight is 197 g/mol. The van der Waals surface area contributed by atoms with Crippen molar-refractivity contribution in [3.05, 3.63) is 0 Å². The first-order chi connectivity index (χ1) is 6.75. The minimum atomic E-state index is -0.167. The summed E-state index contributed by atoms with van der Waals surface area (Å²) in [5, 5.41) is 5.58. The molecular weight excluding hydrogens is 182 g/mol. The van der Waals surface area contributed by atoms with Gasteiger partial charge in [-0.25, -0.2) is 0 Å². The molecule has 0 radical (unpaired) electrons. The maximum Gasteiger partial charge on any atom is 0.240 e. The predicted octanol–water partition coefficient (Wildman–Crippen LogP) is -1.30. The molecule has 2 heterocycles. The van der Waals surface area contributed by atoms with Crippen LogP contribution in [0, 0.1) is 0 Å². The zero-order chi connectivity index (χ0) is 9.97. The van der Waals surface area contributed by atoms with Gasteiger partial charge >= 0.3 is 0 Å². The van der Waals surface area contributed by atoms with Crippen LogP contribution in [0.1, 0.15) is 12.8 Å². The Bertz CT molecular complexity index is 232. The quantitative estimate of drug-likeness (QED) is 0.513. The molecule has 78 valence electrons. The zero-order valence-corrected chi connectivity index (χ0v) is 8.08. The molecule has 2 rings (SSSR count). The number of nitrogens with zero attached hydrogens (tertiary/aromatic N) is 1. The number of hydrogen-bond acceptors (Lipinski definition) is 4. The molecule has 0 aromatic rings. The highest BCUT2D eigenvalue weighted by molar-refractivity contribution is 5.99. The molecule has 0 aliphatic carbocycles. The van der Waals surface area contributed by atoms with Crippen LogP contribution < -0.4 is 10.6 Å². The second kappa shape index (κ2) is 4.06. The summed E-state index contributed by atoms with van der Waals surface area (Å²) in [7, 11) is 0. The molecule has 0 aromatic carbocycles. The molecular formula is C9H15N3O2. The lowest BCUT2D eigenvalue weighted by atomic mass is 10.0. The van der Waals surface area contributed by atoms with E-state index in [2.05, 4.69) is 10.6 Å². The standard InChI is InChI=1S/C9H15N3O2/c13-8-5-12(6-9(14)11-8)7-1-3-10-4-2-7/h7,10H,1-6H2,(H,11,13,14). The van der Waals surface area contributed by atoms with Crippen LogP contribution >= 0.6 is 0 Å². The first-order valence-corrected chi connectivity index (χ1v) is 5.03. The smallest absolute Gasteiger partial charge is 0.240 e. The summed E-state index contributed by atoms with van der Waals surface area (Å²) in [4.78, 5) is 24.3. The largest absolute Gasteiger partial charge is 0.317 e. The highest BCUT2D eigenvalue weighted by Gasteiger charge is 2.28. The third-order valence-corrected chi connectivity index (χ3v) is 2.80. The van der Waals surface area contributed by atoms with Gasteiger partial charge in [0, 0.05) is 6.04 Å². The van der Waals surface area contributed by atoms with E-state index in [4.69, 9.17) is 0 Å². The van der Waals surface area contributed by atoms with Crippen molar-refractivity contribution < 1.29 is 9.59 Å². The fraction of sp³-hybridized carbons (Fsp3) is 0.778. The summed E-state index contributed by atoms with van der Waals surface area (Å²) < 4.78 is 0. The number of hydrogen-bond donors (Lipinski definition) is 2. The fourth-order valence-corrected chi connectivity index (χ4v) is 2.09. The molecule has 2 saturated heterocycles. The van der Waals surface area contributed by atoms with Crippen molar-refractivity contribution in [2.24, 2.45) is 0 Å². The van der Waals surface area contributed by atoms with E-state index >= 15 is 0 Å². The van der Waals surface area contributed by atoms with E-state index in [0.717, 1.165) is 25.9 Å². The van der Waals surface area contributed by atoms with E-state index in [1.165, 1.54) is 0 Å². The third-order valence-electron chi connectivity index (χ3n) is 2.80. The molecule has 5 heteroatoms. The van der Waals surface area contributed by atoms with Gasteiger partial charge in [0.25, 0.3) is 0 Å². The van der Waals surface area contributed by atoms with Gasteiger partial charge in [0.15, 0.2) is 0 Å². The van der Waals surface area contributed by atoms with Crippen molar-refractivity contribution in [2.75, 3.05) is 26.2 Å². The van der Waals surface area contributed by atoms with E-state index in [1.54, 1.807) is 0 Å². The maximum absolute atomic E-state index is 11.1. The molecule has 0 saturated carbocycles. The normalized spacial score (nSPS) is 26.3. The molecule has 0 unspecified atom stereocenters. The van der Waals surface area contributed by atoms with Crippen LogP contribution in [0.4, 0.5) is 0 Å². The minimum Gasteiger partial charge on any atom is -0.317 e. The van der Waals surface area contributed by atoms with Gasteiger partial charge in [-0.1, -0.05) is 0 Å². The Labute approximate surface area is 82.8 Å². The Balaban J connectivity index is 1.95. The number of amides is 2. The molecule has 0 atom stereocenters. The van der Waals surface area contributed by atoms with Gasteiger partial charge < -0.3 is 5.32 Å². The first-order valence-electron chi connectivity index (χ1n) is 5.03. The number of imide groups is 1. The highest BCUT2D eigenvalue weighted by Crippen LogP contribution is 2.12. The van der Waals surface area contributed by atoms with Gasteiger partial charge in [-0.3, -0.25) is 19.8 Å². The maximum atomic E-state index is 11.1. The fourth-order valence-electron chi connectivity index (χ4n) is 2.09. The topological polar surface area (TPSA) is 61.4 Å². The Morgan fingerprint density at radius 1 is 1.07 bits per heavy atom. The predicted molar refractivity (Wildman–Crippen MR) is 50.6 cm³/mol. The van der Waals surface area contributed by atoms with Gasteiger partial charge in [-0.05, 0) is 25.9 Å². The van der Waals surface area contributed by atoms with E-state index < -0.39 is 0 Å². The molecule has 2 aliphatic heterocycles. The number of rotatable bonds is 1. The van der Waals surface area contributed by atoms with E-state index in [-0.39, 0.29) is 11.8 Å². The molecule has 2 amide bonds. The third kappa shape index (κ3) is 2.10. The Morgan fingerprint density at radius 3 is 2.21 bits per heavy atom. The highest BCUT2D eigenvalue weighted by atomic mass is 16.2. The van der Waals surface area contributed by atoms with Crippen LogP contribution in [0.25, 0.3) is 0 Å². The molecule has 5 nitrogen and oxygen atoms in total. The molecule has 0 spiro atoms. The first kappa shape index (κ1) is 9.61. The summed E-state index contributed by atoms with van der Waals surface area (Å²) in [6, 6.07) is 0.395. The second-order valence-electron chi connectivity index (χ2n) is 3.86. The lowest BCUT2D eigenvalue weighted by Crippen LogP contribution is -2.56. The van der Waals surface area contributed by atoms with Crippen LogP contribution in [0.2, 0.25) is 0 Å². The van der Waals surface area contributed by atoms with E-state index in [0.29, 0.717) is 19.1 Å². The lowest BCUT2D eigenvalue weighted by molar-refractivity contribution is -0.137. The van der Waals surface area contributed by atoms with Gasteiger partial charge in [0.1, 0.15) is 0 Å². The van der Waals surface area contributed by atoms with Crippen molar-refractivity contribution in [2.45, 2.75) is 18.9 Å². The molecule has 2 N–H and O–H groups in total. The monoisotopic (exact) mass is 197 g/mol. The molecule has 2 fully saturated rings. The minimum absolute atomic E-state index is 0.167. The van der Waals surface area contributed by atoms with E-state index in [9.17, 15) is 9.59 Å². The van der Waals surface area contributed by atoms with E-state index in [1.807, 2.05) is 4.90 Å². The average Bonchev–Trinajstić information content (AvgIpc) is 2.18. The number of nitrogens with one attached hydrogen (secondary N) is 2. The van der Waals surface area contributed by atoms with Gasteiger partial charge in [-0.15, -0.1) is 0 Å². The summed E-state index contributed by atoms with van der Waals surface area (Å²) in [6.45, 7) is 2.71. The Morgan fingerprint density at radius 2 is 1.64 bits per heavy atom. The summed E-state index contributed by atoms with van der Waals surface area (Å²) in [6.07, 6.45) is 2.06. The van der Waals surface area contributed by atoms with Crippen LogP contribution in [0.5, 0.6) is 0 Å². The molecule has 0 bridgehead atoms. The van der Waals surface area contributed by atoms with Crippen molar-refractivity contribution in [1.29, 1.82) is 0 Å². The van der Waals surface area contributed by atoms with Gasteiger partial charge in [0.05, 0.1) is 13.1 Å². The van der Waals surface area contributed by atoms with Crippen molar-refractivity contribution in [1.82, 2.24) is 15.5 Å². The number of piperidine rings is 1. The van der Waals surface area contributed by atoms with Crippen LogP contribution in [0.3, 0.4) is 0 Å². The molecule has 14 heavy (non-hydrogen) atoms. The van der Waals surface area contributed by atoms with Crippen molar-refractivity contribution in [3.63, 3.8) is 0 Å². The number of piperazine rings is 1. The summed E-state index contributed by atoms with van der Waals surface area (Å²) >= 11 is 0. The summed E-state index contributed by atoms with van der Waals surface area (Å²) in [5.41, 5.74) is 0.